The molecule has 1 atom stereocenters. The number of amides is 1. The lowest BCUT2D eigenvalue weighted by molar-refractivity contribution is -0.122. The number of hydrogen-bond donors (Lipinski definition) is 1. The molecule has 0 bridgehead atoms. The Morgan fingerprint density at radius 2 is 2.11 bits per heavy atom. The van der Waals surface area contributed by atoms with Gasteiger partial charge in [0.25, 0.3) is 5.91 Å². The Kier molecular flexibility index (Phi) is 5.00. The van der Waals surface area contributed by atoms with E-state index in [1.54, 1.807) is 25.1 Å². The first-order valence-corrected chi connectivity index (χ1v) is 9.51. The Bertz CT molecular complexity index is 1020. The number of halogens is 1. The van der Waals surface area contributed by atoms with Crippen molar-refractivity contribution in [3.8, 4) is 17.1 Å². The highest BCUT2D eigenvalue weighted by Crippen LogP contribution is 2.36. The topological polar surface area (TPSA) is 81.9 Å². The van der Waals surface area contributed by atoms with Crippen molar-refractivity contribution in [1.82, 2.24) is 20.2 Å². The van der Waals surface area contributed by atoms with Crippen LogP contribution in [-0.4, -0.2) is 32.2 Å². The Morgan fingerprint density at radius 3 is 2.86 bits per heavy atom. The maximum absolute atomic E-state index is 12.6. The number of aryl methyl sites for hydroxylation is 1. The van der Waals surface area contributed by atoms with Gasteiger partial charge in [0.1, 0.15) is 5.75 Å². The fraction of sp³-hybridized carbons (Fsp3) is 0.300. The Labute approximate surface area is 167 Å². The van der Waals surface area contributed by atoms with Gasteiger partial charge in [0, 0.05) is 16.3 Å². The van der Waals surface area contributed by atoms with Crippen molar-refractivity contribution in [1.29, 1.82) is 0 Å². The minimum atomic E-state index is -0.666. The van der Waals surface area contributed by atoms with E-state index in [0.717, 1.165) is 24.0 Å². The quantitative estimate of drug-likeness (QED) is 0.678. The molecule has 1 fully saturated rings. The molecule has 28 heavy (non-hydrogen) atoms. The summed E-state index contributed by atoms with van der Waals surface area (Å²) in [6.07, 6.45) is 1.52. The molecule has 0 aliphatic heterocycles. The van der Waals surface area contributed by atoms with E-state index < -0.39 is 6.10 Å². The van der Waals surface area contributed by atoms with E-state index in [0.29, 0.717) is 28.3 Å². The summed E-state index contributed by atoms with van der Waals surface area (Å²) in [5.74, 6) is 1.09. The summed E-state index contributed by atoms with van der Waals surface area (Å²) in [5.41, 5.74) is 2.40. The number of ether oxygens (including phenoxy) is 1. The van der Waals surface area contributed by atoms with E-state index >= 15 is 0 Å². The second-order valence-electron chi connectivity index (χ2n) is 6.92. The van der Waals surface area contributed by atoms with Crippen molar-refractivity contribution < 1.29 is 9.53 Å². The van der Waals surface area contributed by atoms with Gasteiger partial charge in [-0.05, 0) is 73.0 Å². The number of aromatic nitrogens is 4. The first-order valence-electron chi connectivity index (χ1n) is 9.13. The molecule has 4 rings (SSSR count). The van der Waals surface area contributed by atoms with Crippen LogP contribution in [0.1, 0.15) is 31.4 Å². The highest BCUT2D eigenvalue weighted by molar-refractivity contribution is 6.30. The maximum atomic E-state index is 12.6. The van der Waals surface area contributed by atoms with E-state index in [-0.39, 0.29) is 5.91 Å². The number of hydrogen-bond acceptors (Lipinski definition) is 5. The van der Waals surface area contributed by atoms with Crippen molar-refractivity contribution in [3.05, 3.63) is 53.1 Å². The molecule has 1 unspecified atom stereocenters. The summed E-state index contributed by atoms with van der Waals surface area (Å²) in [5, 5.41) is 15.5. The van der Waals surface area contributed by atoms with Gasteiger partial charge in [-0.1, -0.05) is 23.7 Å². The molecule has 1 amide bonds. The first kappa shape index (κ1) is 18.4. The first-order chi connectivity index (χ1) is 13.5. The van der Waals surface area contributed by atoms with Crippen LogP contribution in [0.3, 0.4) is 0 Å². The third-order valence-corrected chi connectivity index (χ3v) is 4.82. The summed E-state index contributed by atoms with van der Waals surface area (Å²) in [6.45, 7) is 3.60. The van der Waals surface area contributed by atoms with E-state index in [2.05, 4.69) is 20.8 Å². The second kappa shape index (κ2) is 7.59. The van der Waals surface area contributed by atoms with Gasteiger partial charge in [0.2, 0.25) is 0 Å². The number of benzene rings is 2. The molecule has 1 heterocycles. The van der Waals surface area contributed by atoms with Crippen molar-refractivity contribution >= 4 is 23.2 Å². The lowest BCUT2D eigenvalue weighted by Gasteiger charge is -2.16. The lowest BCUT2D eigenvalue weighted by Crippen LogP contribution is -2.30. The predicted octanol–water partition coefficient (Wildman–Crippen LogP) is 4.04. The SMILES string of the molecule is Cc1cc(Cl)ccc1OC(C)C(=O)Nc1cccc(-c2nnnn2C2CC2)c1. The molecule has 0 saturated heterocycles. The van der Waals surface area contributed by atoms with Gasteiger partial charge in [-0.15, -0.1) is 5.10 Å². The van der Waals surface area contributed by atoms with Crippen LogP contribution in [0.4, 0.5) is 5.69 Å². The molecule has 0 radical (unpaired) electrons. The van der Waals surface area contributed by atoms with Crippen molar-refractivity contribution in [3.63, 3.8) is 0 Å². The largest absolute Gasteiger partial charge is 0.481 e. The van der Waals surface area contributed by atoms with Crippen LogP contribution in [-0.2, 0) is 4.79 Å². The smallest absolute Gasteiger partial charge is 0.265 e. The second-order valence-corrected chi connectivity index (χ2v) is 7.35. The van der Waals surface area contributed by atoms with Crippen molar-refractivity contribution in [2.75, 3.05) is 5.32 Å². The number of carbonyl (C=O) groups is 1. The van der Waals surface area contributed by atoms with Crippen LogP contribution < -0.4 is 10.1 Å². The minimum Gasteiger partial charge on any atom is -0.481 e. The zero-order chi connectivity index (χ0) is 19.7. The standard InChI is InChI=1S/C20H20ClN5O2/c1-12-10-15(21)6-9-18(12)28-13(2)20(27)22-16-5-3-4-14(11-16)19-23-24-25-26(19)17-7-8-17/h3-6,9-11,13,17H,7-8H2,1-2H3,(H,22,27). The van der Waals surface area contributed by atoms with E-state index in [1.807, 2.05) is 35.9 Å². The molecule has 1 aliphatic rings. The van der Waals surface area contributed by atoms with Gasteiger partial charge in [0.05, 0.1) is 6.04 Å². The number of rotatable bonds is 6. The average Bonchev–Trinajstić information content (AvgIpc) is 3.40. The van der Waals surface area contributed by atoms with Gasteiger partial charge >= 0.3 is 0 Å². The van der Waals surface area contributed by atoms with Gasteiger partial charge in [0.15, 0.2) is 11.9 Å². The summed E-state index contributed by atoms with van der Waals surface area (Å²) >= 11 is 5.96. The van der Waals surface area contributed by atoms with Crippen LogP contribution in [0, 0.1) is 6.92 Å². The molecule has 144 valence electrons. The fourth-order valence-corrected chi connectivity index (χ4v) is 3.14. The Morgan fingerprint density at radius 1 is 1.29 bits per heavy atom. The molecule has 8 heteroatoms. The third-order valence-electron chi connectivity index (χ3n) is 4.58. The van der Waals surface area contributed by atoms with Crippen LogP contribution >= 0.6 is 11.6 Å². The summed E-state index contributed by atoms with van der Waals surface area (Å²) in [4.78, 5) is 12.6. The molecular weight excluding hydrogens is 378 g/mol. The predicted molar refractivity (Wildman–Crippen MR) is 106 cm³/mol. The molecular formula is C20H20ClN5O2. The third kappa shape index (κ3) is 3.99. The van der Waals surface area contributed by atoms with E-state index in [1.165, 1.54) is 0 Å². The highest BCUT2D eigenvalue weighted by Gasteiger charge is 2.28. The number of anilines is 1. The van der Waals surface area contributed by atoms with Gasteiger partial charge in [-0.2, -0.15) is 0 Å². The number of nitrogens with one attached hydrogen (secondary N) is 1. The molecule has 1 aliphatic carbocycles. The molecule has 0 spiro atoms. The average molecular weight is 398 g/mol. The minimum absolute atomic E-state index is 0.242. The summed E-state index contributed by atoms with van der Waals surface area (Å²) in [6, 6.07) is 13.2. The number of carbonyl (C=O) groups excluding carboxylic acids is 1. The zero-order valence-corrected chi connectivity index (χ0v) is 16.3. The number of tetrazole rings is 1. The summed E-state index contributed by atoms with van der Waals surface area (Å²) in [7, 11) is 0. The molecule has 7 nitrogen and oxygen atoms in total. The van der Waals surface area contributed by atoms with Crippen LogP contribution in [0.25, 0.3) is 11.4 Å². The summed E-state index contributed by atoms with van der Waals surface area (Å²) < 4.78 is 7.63. The number of nitrogens with zero attached hydrogens (tertiary/aromatic N) is 4. The fourth-order valence-electron chi connectivity index (χ4n) is 2.92. The highest BCUT2D eigenvalue weighted by atomic mass is 35.5. The maximum Gasteiger partial charge on any atom is 0.265 e. The molecule has 1 aromatic heterocycles. The van der Waals surface area contributed by atoms with E-state index in [4.69, 9.17) is 16.3 Å². The molecule has 3 aromatic rings. The monoisotopic (exact) mass is 397 g/mol. The van der Waals surface area contributed by atoms with Gasteiger partial charge in [-0.25, -0.2) is 4.68 Å². The Balaban J connectivity index is 1.46. The molecule has 2 aromatic carbocycles. The van der Waals surface area contributed by atoms with Gasteiger partial charge in [-0.3, -0.25) is 4.79 Å². The normalized spacial score (nSPS) is 14.5. The zero-order valence-electron chi connectivity index (χ0n) is 15.6. The van der Waals surface area contributed by atoms with E-state index in [9.17, 15) is 4.79 Å². The molecule has 1 saturated carbocycles. The van der Waals surface area contributed by atoms with Gasteiger partial charge < -0.3 is 10.1 Å². The van der Waals surface area contributed by atoms with Crippen LogP contribution in [0.2, 0.25) is 5.02 Å². The molecule has 1 N–H and O–H groups in total. The van der Waals surface area contributed by atoms with Crippen molar-refractivity contribution in [2.45, 2.75) is 38.8 Å². The van der Waals surface area contributed by atoms with Crippen LogP contribution in [0.5, 0.6) is 5.75 Å². The van der Waals surface area contributed by atoms with Crippen molar-refractivity contribution in [2.24, 2.45) is 0 Å². The Hall–Kier alpha value is -2.93. The van der Waals surface area contributed by atoms with Crippen LogP contribution in [0.15, 0.2) is 42.5 Å². The lowest BCUT2D eigenvalue weighted by atomic mass is 10.2.